The van der Waals surface area contributed by atoms with E-state index in [-0.39, 0.29) is 114 Å². The topological polar surface area (TPSA) is 131 Å². The molecule has 0 aliphatic rings. The van der Waals surface area contributed by atoms with E-state index in [9.17, 15) is 23.2 Å². The maximum absolute atomic E-state index is 13.1. The molecule has 4 rings (SSSR count). The van der Waals surface area contributed by atoms with E-state index in [4.69, 9.17) is 32.7 Å². The predicted molar refractivity (Wildman–Crippen MR) is 119 cm³/mol. The molecule has 2 aromatic heterocycles. The molecule has 0 atom stereocenters. The van der Waals surface area contributed by atoms with Crippen molar-refractivity contribution < 1.29 is 96.5 Å². The molecular weight excluding hydrogens is 545 g/mol. The number of hydrogen-bond acceptors (Lipinski definition) is 6. The Morgan fingerprint density at radius 1 is 1.03 bits per heavy atom. The number of carboxylic acid groups (broad SMARTS) is 1. The van der Waals surface area contributed by atoms with Crippen LogP contribution in [-0.2, 0) is 9.59 Å². The summed E-state index contributed by atoms with van der Waals surface area (Å²) < 4.78 is 36.1. The maximum atomic E-state index is 13.1. The van der Waals surface area contributed by atoms with E-state index in [1.165, 1.54) is 36.7 Å². The van der Waals surface area contributed by atoms with Gasteiger partial charge in [0.2, 0.25) is 0 Å². The molecule has 15 heteroatoms. The molecule has 0 radical (unpaired) electrons. The molecule has 0 unspecified atom stereocenters. The normalized spacial score (nSPS) is 10.5. The van der Waals surface area contributed by atoms with E-state index in [2.05, 4.69) is 20.4 Å². The summed E-state index contributed by atoms with van der Waals surface area (Å²) in [4.78, 5) is 39.3. The van der Waals surface area contributed by atoms with Crippen LogP contribution in [0.5, 0.6) is 5.75 Å². The average Bonchev–Trinajstić information content (AvgIpc) is 3.15. The third kappa shape index (κ3) is 6.29. The summed E-state index contributed by atoms with van der Waals surface area (Å²) in [5.41, 5.74) is 0.0984. The van der Waals surface area contributed by atoms with Crippen molar-refractivity contribution in [2.75, 3.05) is 10.6 Å². The molecular formula is C21H11Cl2F2N3Na2O6+2. The Morgan fingerprint density at radius 2 is 1.69 bits per heavy atom. The van der Waals surface area contributed by atoms with Gasteiger partial charge in [0.1, 0.15) is 5.58 Å². The second-order valence-corrected chi connectivity index (χ2v) is 7.51. The van der Waals surface area contributed by atoms with Gasteiger partial charge in [-0.3, -0.25) is 14.6 Å². The minimum Gasteiger partial charge on any atom is -0.474 e. The van der Waals surface area contributed by atoms with Gasteiger partial charge >= 0.3 is 77.6 Å². The van der Waals surface area contributed by atoms with Gasteiger partial charge in [-0.15, -0.1) is 0 Å². The summed E-state index contributed by atoms with van der Waals surface area (Å²) in [7, 11) is 0. The summed E-state index contributed by atoms with van der Waals surface area (Å²) in [5.74, 6) is -4.06. The summed E-state index contributed by atoms with van der Waals surface area (Å²) >= 11 is 12.1. The van der Waals surface area contributed by atoms with Crippen LogP contribution in [0.1, 0.15) is 10.4 Å². The van der Waals surface area contributed by atoms with E-state index >= 15 is 0 Å². The van der Waals surface area contributed by atoms with E-state index in [0.29, 0.717) is 0 Å². The number of aliphatic carboxylic acids is 1. The number of hydrogen-bond donors (Lipinski definition) is 3. The molecule has 4 aromatic rings. The molecule has 0 aliphatic carbocycles. The summed E-state index contributed by atoms with van der Waals surface area (Å²) in [6, 6.07) is 6.41. The molecule has 0 spiro atoms. The number of alkyl halides is 2. The molecule has 3 N–H and O–H groups in total. The zero-order chi connectivity index (χ0) is 24.6. The van der Waals surface area contributed by atoms with E-state index in [1.807, 2.05) is 0 Å². The third-order valence-corrected chi connectivity index (χ3v) is 5.16. The van der Waals surface area contributed by atoms with Gasteiger partial charge < -0.3 is 24.9 Å². The first-order valence-corrected chi connectivity index (χ1v) is 10.00. The smallest absolute Gasteiger partial charge is 0.474 e. The molecule has 0 aliphatic heterocycles. The van der Waals surface area contributed by atoms with Gasteiger partial charge in [-0.2, -0.15) is 8.78 Å². The third-order valence-electron chi connectivity index (χ3n) is 4.59. The van der Waals surface area contributed by atoms with Crippen LogP contribution >= 0.6 is 23.2 Å². The van der Waals surface area contributed by atoms with Crippen molar-refractivity contribution in [3.05, 3.63) is 58.3 Å². The first kappa shape index (κ1) is 30.3. The fourth-order valence-electron chi connectivity index (χ4n) is 3.21. The van der Waals surface area contributed by atoms with E-state index in [1.54, 1.807) is 0 Å². The number of rotatable bonds is 5. The van der Waals surface area contributed by atoms with Gasteiger partial charge in [0.05, 0.1) is 21.3 Å². The maximum Gasteiger partial charge on any atom is 1.00 e. The van der Waals surface area contributed by atoms with Crippen molar-refractivity contribution in [1.82, 2.24) is 4.98 Å². The molecule has 0 saturated carbocycles. The number of pyridine rings is 1. The van der Waals surface area contributed by atoms with Crippen LogP contribution in [0.15, 0.2) is 47.1 Å². The summed E-state index contributed by atoms with van der Waals surface area (Å²) in [5, 5.41) is 13.9. The van der Waals surface area contributed by atoms with Crippen LogP contribution in [-0.4, -0.2) is 34.5 Å². The monoisotopic (exact) mass is 555 g/mol. The fraction of sp³-hybridized carbons (Fsp3) is 0.0476. The largest absolute Gasteiger partial charge is 1.00 e. The Labute approximate surface area is 255 Å². The number of ether oxygens (including phenoxy) is 1. The number of anilines is 2. The Morgan fingerprint density at radius 3 is 2.31 bits per heavy atom. The van der Waals surface area contributed by atoms with Crippen molar-refractivity contribution >= 4 is 74.3 Å². The molecule has 174 valence electrons. The molecule has 0 saturated heterocycles. The van der Waals surface area contributed by atoms with Gasteiger partial charge in [-0.25, -0.2) is 4.79 Å². The van der Waals surface area contributed by atoms with Crippen LogP contribution in [0.25, 0.3) is 21.9 Å². The predicted octanol–water partition coefficient (Wildman–Crippen LogP) is -0.827. The van der Waals surface area contributed by atoms with Crippen molar-refractivity contribution in [3.8, 4) is 5.75 Å². The van der Waals surface area contributed by atoms with Crippen molar-refractivity contribution in [3.63, 3.8) is 0 Å². The summed E-state index contributed by atoms with van der Waals surface area (Å²) in [6.45, 7) is -3.17. The fourth-order valence-corrected chi connectivity index (χ4v) is 3.67. The van der Waals surface area contributed by atoms with Gasteiger partial charge in [-0.1, -0.05) is 23.2 Å². The van der Waals surface area contributed by atoms with Crippen LogP contribution < -0.4 is 74.5 Å². The minimum atomic E-state index is -3.17. The number of amides is 2. The number of halogens is 4. The van der Waals surface area contributed by atoms with Crippen LogP contribution in [0.2, 0.25) is 10.0 Å². The standard InChI is InChI=1S/C21H11Cl2F2N3O6.2Na/c22-11-6-26-7-12(23)16(11)28-18(29)9-2-4-14(34-21(24)25)17-15(9)10-5-8(1-3-13(10)33-17)27-19(30)20(31)32;;/h1-7,21H,(H,27,30)(H,31,32)(H,26,28,29);;/q;2*+1. The van der Waals surface area contributed by atoms with E-state index in [0.717, 1.165) is 6.07 Å². The Balaban J connectivity index is 0.00000228. The molecule has 36 heavy (non-hydrogen) atoms. The zero-order valence-electron chi connectivity index (χ0n) is 18.6. The Bertz CT molecular complexity index is 1470. The second kappa shape index (κ2) is 12.5. The molecule has 2 amide bonds. The quantitative estimate of drug-likeness (QED) is 0.216. The molecule has 2 heterocycles. The van der Waals surface area contributed by atoms with Crippen LogP contribution in [0.3, 0.4) is 0 Å². The first-order valence-electron chi connectivity index (χ1n) is 9.24. The Hall–Kier alpha value is -1.96. The number of nitrogens with zero attached hydrogens (tertiary/aromatic N) is 1. The molecule has 0 bridgehead atoms. The second-order valence-electron chi connectivity index (χ2n) is 6.70. The zero-order valence-corrected chi connectivity index (χ0v) is 24.1. The number of carboxylic acids is 1. The number of carbonyl (C=O) groups is 3. The first-order chi connectivity index (χ1) is 16.2. The van der Waals surface area contributed by atoms with Gasteiger partial charge in [0.25, 0.3) is 5.91 Å². The van der Waals surface area contributed by atoms with Crippen molar-refractivity contribution in [1.29, 1.82) is 0 Å². The van der Waals surface area contributed by atoms with Crippen LogP contribution in [0.4, 0.5) is 20.2 Å². The average molecular weight is 556 g/mol. The van der Waals surface area contributed by atoms with Gasteiger partial charge in [-0.05, 0) is 30.3 Å². The Kier molecular flexibility index (Phi) is 10.5. The number of carbonyl (C=O) groups excluding carboxylic acids is 2. The van der Waals surface area contributed by atoms with Crippen molar-refractivity contribution in [2.45, 2.75) is 6.61 Å². The molecule has 0 fully saturated rings. The summed E-state index contributed by atoms with van der Waals surface area (Å²) in [6.07, 6.45) is 2.53. The van der Waals surface area contributed by atoms with E-state index < -0.39 is 24.4 Å². The van der Waals surface area contributed by atoms with Crippen LogP contribution in [0, 0.1) is 0 Å². The number of fused-ring (bicyclic) bond motifs is 3. The molecule has 2 aromatic carbocycles. The SMILES string of the molecule is O=C(O)C(=O)Nc1ccc2oc3c(OC(F)F)ccc(C(=O)Nc4c(Cl)cncc4Cl)c3c2c1.[Na+].[Na+]. The molecule has 9 nitrogen and oxygen atoms in total. The van der Waals surface area contributed by atoms with Gasteiger partial charge in [0.15, 0.2) is 11.3 Å². The van der Waals surface area contributed by atoms with Crippen molar-refractivity contribution in [2.24, 2.45) is 0 Å². The minimum absolute atomic E-state index is 0. The number of benzene rings is 2. The van der Waals surface area contributed by atoms with Gasteiger partial charge in [0, 0.05) is 28.9 Å². The number of furan rings is 1. The number of nitrogens with one attached hydrogen (secondary N) is 2. The number of aromatic nitrogens is 1.